The average molecular weight is 783 g/mol. The second-order valence-electron chi connectivity index (χ2n) is 14.3. The van der Waals surface area contributed by atoms with Gasteiger partial charge in [0.25, 0.3) is 0 Å². The Balaban J connectivity index is 1.52. The summed E-state index contributed by atoms with van der Waals surface area (Å²) in [5.74, 6) is 0. The summed E-state index contributed by atoms with van der Waals surface area (Å²) in [5, 5.41) is 2.59. The molecule has 0 spiro atoms. The number of hydrogen-bond donors (Lipinski definition) is 0. The van der Waals surface area contributed by atoms with Crippen LogP contribution in [0.3, 0.4) is 0 Å². The van der Waals surface area contributed by atoms with Gasteiger partial charge in [-0.2, -0.15) is 0 Å². The maximum atomic E-state index is 9.10. The van der Waals surface area contributed by atoms with Crippen LogP contribution in [0.25, 0.3) is 34.4 Å². The summed E-state index contributed by atoms with van der Waals surface area (Å²) in [4.78, 5) is 0. The molecule has 246 valence electrons. The summed E-state index contributed by atoms with van der Waals surface area (Å²) < 4.78 is -0.149. The van der Waals surface area contributed by atoms with Crippen LogP contribution in [0.1, 0.15) is 54.5 Å². The molecule has 2 aliphatic rings. The van der Waals surface area contributed by atoms with Crippen molar-refractivity contribution >= 4 is 45.0 Å². The molecule has 6 aromatic rings. The van der Waals surface area contributed by atoms with Crippen LogP contribution in [0.5, 0.6) is 0 Å². The zero-order valence-electron chi connectivity index (χ0n) is 28.9. The van der Waals surface area contributed by atoms with Gasteiger partial charge in [0, 0.05) is 0 Å². The van der Waals surface area contributed by atoms with Crippen molar-refractivity contribution in [2.45, 2.75) is 34.9 Å². The van der Waals surface area contributed by atoms with Gasteiger partial charge >= 0.3 is 307 Å². The van der Waals surface area contributed by atoms with E-state index in [4.69, 9.17) is 17.0 Å². The molecule has 0 radical (unpaired) electrons. The molecule has 2 unspecified atom stereocenters. The fraction of sp³-hybridized carbons (Fsp3) is 0.130. The van der Waals surface area contributed by atoms with Gasteiger partial charge in [-0.3, -0.25) is 0 Å². The molecule has 0 bridgehead atoms. The Morgan fingerprint density at radius 1 is 0.440 bits per heavy atom. The van der Waals surface area contributed by atoms with E-state index in [9.17, 15) is 0 Å². The molecule has 0 saturated heterocycles. The second-order valence-corrected chi connectivity index (χ2v) is 49.2. The van der Waals surface area contributed by atoms with Crippen molar-refractivity contribution < 1.29 is 15.0 Å². The van der Waals surface area contributed by atoms with E-state index in [1.165, 1.54) is 77.2 Å². The van der Waals surface area contributed by atoms with Crippen LogP contribution < -0.4 is 10.4 Å². The minimum atomic E-state index is -5.42. The van der Waals surface area contributed by atoms with Gasteiger partial charge in [-0.05, 0) is 0 Å². The SMILES string of the molecule is CC1=Cc2c(-c3ccccc3)cccc2[CH]1[Zr]([Cl])([Cl])([CH]1C(C)=Cc2c(-c3ccccc3)cccc21)=[Si](c1ccc(C)cc1)c1ccc(C)cc1. The van der Waals surface area contributed by atoms with Gasteiger partial charge in [-0.1, -0.05) is 0 Å². The minimum absolute atomic E-state index is 0.0744. The summed E-state index contributed by atoms with van der Waals surface area (Å²) in [6, 6.07) is 53.3. The number of halogens is 2. The van der Waals surface area contributed by atoms with E-state index in [0.717, 1.165) is 0 Å². The van der Waals surface area contributed by atoms with Crippen LogP contribution in [0.15, 0.2) is 157 Å². The summed E-state index contributed by atoms with van der Waals surface area (Å²) in [6.07, 6.45) is 4.80. The molecule has 0 saturated carbocycles. The predicted octanol–water partition coefficient (Wildman–Crippen LogP) is 12.1. The van der Waals surface area contributed by atoms with Gasteiger partial charge in [0.2, 0.25) is 0 Å². The fourth-order valence-corrected chi connectivity index (χ4v) is 55.2. The molecule has 0 fully saturated rings. The third-order valence-electron chi connectivity index (χ3n) is 10.9. The van der Waals surface area contributed by atoms with Gasteiger partial charge in [0.1, 0.15) is 0 Å². The van der Waals surface area contributed by atoms with E-state index < -0.39 is 20.4 Å². The molecule has 0 amide bonds. The molecule has 0 nitrogen and oxygen atoms in total. The van der Waals surface area contributed by atoms with Crippen LogP contribution in [-0.2, 0) is 15.0 Å². The Morgan fingerprint density at radius 3 is 1.20 bits per heavy atom. The Hall–Kier alpha value is -3.52. The number of benzene rings is 6. The first kappa shape index (κ1) is 33.6. The molecule has 0 aromatic heterocycles. The molecule has 2 atom stereocenters. The first-order valence-corrected chi connectivity index (χ1v) is 31.8. The normalized spacial score (nSPS) is 16.8. The van der Waals surface area contributed by atoms with Crippen molar-refractivity contribution in [1.82, 2.24) is 0 Å². The van der Waals surface area contributed by atoms with E-state index in [0.29, 0.717) is 0 Å². The topological polar surface area (TPSA) is 0 Å². The Labute approximate surface area is 304 Å². The van der Waals surface area contributed by atoms with E-state index in [1.54, 1.807) is 0 Å². The van der Waals surface area contributed by atoms with Crippen molar-refractivity contribution in [2.75, 3.05) is 0 Å². The maximum absolute atomic E-state index is 9.10. The molecule has 0 aliphatic heterocycles. The Bertz CT molecular complexity index is 2230. The van der Waals surface area contributed by atoms with Crippen molar-refractivity contribution in [3.05, 3.63) is 190 Å². The summed E-state index contributed by atoms with van der Waals surface area (Å²) in [5.41, 5.74) is 13.2. The third kappa shape index (κ3) is 5.43. The number of rotatable bonds is 6. The first-order chi connectivity index (χ1) is 24.1. The summed E-state index contributed by atoms with van der Waals surface area (Å²) in [7, 11) is 18.2. The molecular weight excluding hydrogens is 743 g/mol. The van der Waals surface area contributed by atoms with Gasteiger partial charge in [0.05, 0.1) is 0 Å². The number of fused-ring (bicyclic) bond motifs is 2. The van der Waals surface area contributed by atoms with Crippen LogP contribution in [0.4, 0.5) is 0 Å². The van der Waals surface area contributed by atoms with Gasteiger partial charge in [-0.15, -0.1) is 0 Å². The Kier molecular flexibility index (Phi) is 8.68. The molecule has 0 N–H and O–H groups in total. The van der Waals surface area contributed by atoms with Crippen molar-refractivity contribution in [3.8, 4) is 22.3 Å². The quantitative estimate of drug-likeness (QED) is 0.148. The van der Waals surface area contributed by atoms with Crippen molar-refractivity contribution in [2.24, 2.45) is 0 Å². The van der Waals surface area contributed by atoms with Crippen LogP contribution >= 0.6 is 17.0 Å². The molecule has 50 heavy (non-hydrogen) atoms. The van der Waals surface area contributed by atoms with Crippen molar-refractivity contribution in [3.63, 3.8) is 0 Å². The number of hydrogen-bond acceptors (Lipinski definition) is 0. The summed E-state index contributed by atoms with van der Waals surface area (Å²) >= 11 is -5.42. The van der Waals surface area contributed by atoms with E-state index in [-0.39, 0.29) is 7.25 Å². The van der Waals surface area contributed by atoms with Gasteiger partial charge in [-0.25, -0.2) is 0 Å². The fourth-order valence-electron chi connectivity index (χ4n) is 8.86. The zero-order valence-corrected chi connectivity index (χ0v) is 33.9. The van der Waals surface area contributed by atoms with Crippen LogP contribution in [0.2, 0.25) is 0 Å². The van der Waals surface area contributed by atoms with Gasteiger partial charge in [0.15, 0.2) is 0 Å². The zero-order chi connectivity index (χ0) is 34.6. The van der Waals surface area contributed by atoms with E-state index in [2.05, 4.69) is 185 Å². The molecule has 6 aromatic carbocycles. The molecular formula is C46H40Cl2SiZr. The molecule has 8 rings (SSSR count). The molecule has 4 heteroatoms. The predicted molar refractivity (Wildman–Crippen MR) is 216 cm³/mol. The van der Waals surface area contributed by atoms with Crippen LogP contribution in [-0.4, -0.2) is 5.43 Å². The number of allylic oxidation sites excluding steroid dienone is 2. The second kappa shape index (κ2) is 12.9. The average Bonchev–Trinajstić information content (AvgIpc) is 3.67. The third-order valence-corrected chi connectivity index (χ3v) is 49.3. The van der Waals surface area contributed by atoms with Gasteiger partial charge < -0.3 is 0 Å². The summed E-state index contributed by atoms with van der Waals surface area (Å²) in [6.45, 7) is 8.89. The van der Waals surface area contributed by atoms with E-state index in [1.807, 2.05) is 0 Å². The molecule has 2 aliphatic carbocycles. The Morgan fingerprint density at radius 2 is 0.820 bits per heavy atom. The standard InChI is InChI=1S/2C16H13.C14H14Si.2ClH.Zr/c2*1-12-10-14-8-5-9-15(16(14)11-12)13-6-3-2-4-7-13;1-11-3-7-13(8-4-11)15-14-9-5-12(2)6-10-14;;;/h2*2-11H,1H3;3-10H,1-2H3;2*1H;/q;;;;;+2/p-2. The van der Waals surface area contributed by atoms with E-state index >= 15 is 0 Å². The van der Waals surface area contributed by atoms with Crippen LogP contribution in [0, 0.1) is 13.8 Å². The monoisotopic (exact) mass is 780 g/mol. The van der Waals surface area contributed by atoms with Crippen molar-refractivity contribution in [1.29, 1.82) is 0 Å². The number of aryl methyl sites for hydroxylation is 2. The molecule has 0 heterocycles. The first-order valence-electron chi connectivity index (χ1n) is 17.5.